The van der Waals surface area contributed by atoms with E-state index >= 15 is 0 Å². The minimum Gasteiger partial charge on any atom is -0.403 e. The summed E-state index contributed by atoms with van der Waals surface area (Å²) in [7, 11) is 0. The number of rotatable bonds is 8. The predicted molar refractivity (Wildman–Crippen MR) is 164 cm³/mol. The van der Waals surface area contributed by atoms with Crippen LogP contribution in [0.5, 0.6) is 0 Å². The second-order valence-electron chi connectivity index (χ2n) is 11.7. The number of nitrogens with zero attached hydrogens (tertiary/aromatic N) is 3. The van der Waals surface area contributed by atoms with Gasteiger partial charge in [0.15, 0.2) is 0 Å². The standard InChI is InChI=1S/C34H31F3N6O/c35-34(36,37)29-3-1-2-27-26(29)11-13-31(27)42-32(44)21-6-10-25(19-4-5-19)28(15-21)20-7-12-30-22(14-20)17-40-33(43-30)41-24(16-38)18-39-23-8-9-23/h1-3,6-7,10,12,14-19,23,31H,4-5,8-9,11,13,38H2,(H,42,44)(H,40,41,43). The molecule has 3 aromatic carbocycles. The van der Waals surface area contributed by atoms with Crippen LogP contribution >= 0.6 is 0 Å². The Balaban J connectivity index is 1.14. The van der Waals surface area contributed by atoms with Gasteiger partial charge >= 0.3 is 6.18 Å². The maximum atomic E-state index is 13.5. The first kappa shape index (κ1) is 28.1. The molecule has 1 unspecified atom stereocenters. The summed E-state index contributed by atoms with van der Waals surface area (Å²) >= 11 is 0. The molecule has 4 N–H and O–H groups in total. The number of aliphatic imine (C=N–C) groups is 1. The van der Waals surface area contributed by atoms with Gasteiger partial charge in [0.05, 0.1) is 28.9 Å². The number of hydrogen-bond acceptors (Lipinski definition) is 6. The molecule has 7 nitrogen and oxygen atoms in total. The zero-order valence-corrected chi connectivity index (χ0v) is 23.9. The van der Waals surface area contributed by atoms with Crippen molar-refractivity contribution < 1.29 is 18.0 Å². The Morgan fingerprint density at radius 2 is 1.84 bits per heavy atom. The van der Waals surface area contributed by atoms with E-state index in [1.807, 2.05) is 36.4 Å². The molecular formula is C34H31F3N6O. The first-order valence-corrected chi connectivity index (χ1v) is 14.9. The highest BCUT2D eigenvalue weighted by Crippen LogP contribution is 2.45. The molecule has 7 rings (SSSR count). The van der Waals surface area contributed by atoms with Gasteiger partial charge in [-0.25, -0.2) is 9.97 Å². The molecule has 44 heavy (non-hydrogen) atoms. The smallest absolute Gasteiger partial charge is 0.403 e. The molecular weight excluding hydrogens is 565 g/mol. The maximum Gasteiger partial charge on any atom is 0.416 e. The Bertz CT molecular complexity index is 1820. The van der Waals surface area contributed by atoms with Gasteiger partial charge in [-0.1, -0.05) is 24.3 Å². The number of carbonyl (C=O) groups excluding carboxylic acids is 1. The highest BCUT2D eigenvalue weighted by molar-refractivity contribution is 5.97. The lowest BCUT2D eigenvalue weighted by molar-refractivity contribution is -0.138. The molecule has 1 aromatic heterocycles. The van der Waals surface area contributed by atoms with Crippen molar-refractivity contribution >= 4 is 29.0 Å². The van der Waals surface area contributed by atoms with E-state index in [9.17, 15) is 18.0 Å². The molecule has 2 fully saturated rings. The summed E-state index contributed by atoms with van der Waals surface area (Å²) < 4.78 is 40.6. The minimum absolute atomic E-state index is 0.272. The molecule has 0 saturated heterocycles. The topological polar surface area (TPSA) is 105 Å². The number of alkyl halides is 3. The Kier molecular flexibility index (Phi) is 7.07. The predicted octanol–water partition coefficient (Wildman–Crippen LogP) is 7.06. The van der Waals surface area contributed by atoms with Crippen molar-refractivity contribution in [3.63, 3.8) is 0 Å². The van der Waals surface area contributed by atoms with Gasteiger partial charge in [-0.3, -0.25) is 9.79 Å². The van der Waals surface area contributed by atoms with Gasteiger partial charge in [0, 0.05) is 29.6 Å². The van der Waals surface area contributed by atoms with Crippen LogP contribution in [0.4, 0.5) is 19.1 Å². The van der Waals surface area contributed by atoms with E-state index in [2.05, 4.69) is 25.6 Å². The van der Waals surface area contributed by atoms with Crippen LogP contribution in [0.25, 0.3) is 22.0 Å². The Labute approximate surface area is 252 Å². The second-order valence-corrected chi connectivity index (χ2v) is 11.7. The van der Waals surface area contributed by atoms with E-state index in [1.54, 1.807) is 18.5 Å². The molecule has 1 atom stereocenters. The van der Waals surface area contributed by atoms with Crippen LogP contribution in [0.3, 0.4) is 0 Å². The van der Waals surface area contributed by atoms with Gasteiger partial charge in [0.25, 0.3) is 5.91 Å². The third-order valence-corrected chi connectivity index (χ3v) is 8.51. The average Bonchev–Trinajstić information content (AvgIpc) is 3.96. The highest BCUT2D eigenvalue weighted by Gasteiger charge is 2.37. The van der Waals surface area contributed by atoms with Crippen molar-refractivity contribution in [3.05, 3.63) is 101 Å². The maximum absolute atomic E-state index is 13.5. The van der Waals surface area contributed by atoms with Crippen LogP contribution in [0.1, 0.15) is 76.7 Å². The third-order valence-electron chi connectivity index (χ3n) is 8.51. The average molecular weight is 597 g/mol. The molecule has 10 heteroatoms. The minimum atomic E-state index is -4.42. The number of nitrogens with one attached hydrogen (secondary N) is 2. The Morgan fingerprint density at radius 1 is 1.00 bits per heavy atom. The van der Waals surface area contributed by atoms with Gasteiger partial charge in [-0.2, -0.15) is 13.2 Å². The van der Waals surface area contributed by atoms with Gasteiger partial charge in [-0.05, 0) is 103 Å². The van der Waals surface area contributed by atoms with Crippen LogP contribution in [-0.4, -0.2) is 28.1 Å². The number of aromatic nitrogens is 2. The number of amides is 1. The molecule has 224 valence electrons. The van der Waals surface area contributed by atoms with Crippen LogP contribution in [-0.2, 0) is 12.6 Å². The zero-order chi connectivity index (χ0) is 30.4. The third kappa shape index (κ3) is 5.76. The summed E-state index contributed by atoms with van der Waals surface area (Å²) in [6, 6.07) is 15.7. The number of halogens is 3. The van der Waals surface area contributed by atoms with Crippen molar-refractivity contribution in [1.29, 1.82) is 0 Å². The number of allylic oxidation sites excluding steroid dienone is 1. The van der Waals surface area contributed by atoms with Gasteiger partial charge in [0.2, 0.25) is 5.95 Å². The number of benzene rings is 3. The molecule has 3 aliphatic carbocycles. The first-order valence-electron chi connectivity index (χ1n) is 14.9. The summed E-state index contributed by atoms with van der Waals surface area (Å²) in [5.41, 5.74) is 10.9. The number of hydrogen-bond donors (Lipinski definition) is 3. The zero-order valence-electron chi connectivity index (χ0n) is 23.9. The normalized spacial score (nSPS) is 18.5. The molecule has 2 saturated carbocycles. The molecule has 0 bridgehead atoms. The molecule has 0 aliphatic heterocycles. The summed E-state index contributed by atoms with van der Waals surface area (Å²) in [5, 5.41) is 6.95. The van der Waals surface area contributed by atoms with Crippen molar-refractivity contribution in [2.45, 2.75) is 62.7 Å². The van der Waals surface area contributed by atoms with Crippen molar-refractivity contribution in [2.24, 2.45) is 10.7 Å². The second kappa shape index (κ2) is 11.1. The molecule has 1 heterocycles. The highest BCUT2D eigenvalue weighted by atomic mass is 19.4. The van der Waals surface area contributed by atoms with Gasteiger partial charge in [0.1, 0.15) is 0 Å². The fourth-order valence-corrected chi connectivity index (χ4v) is 5.93. The van der Waals surface area contributed by atoms with Crippen LogP contribution in [0.2, 0.25) is 0 Å². The monoisotopic (exact) mass is 596 g/mol. The van der Waals surface area contributed by atoms with E-state index < -0.39 is 17.8 Å². The molecule has 1 amide bonds. The Morgan fingerprint density at radius 3 is 2.59 bits per heavy atom. The van der Waals surface area contributed by atoms with E-state index in [-0.39, 0.29) is 17.9 Å². The number of carbonyl (C=O) groups is 1. The van der Waals surface area contributed by atoms with Crippen LogP contribution in [0, 0.1) is 0 Å². The summed E-state index contributed by atoms with van der Waals surface area (Å²) in [4.78, 5) is 27.0. The number of nitrogens with two attached hydrogens (primary N) is 1. The fourth-order valence-electron chi connectivity index (χ4n) is 5.93. The molecule has 3 aliphatic rings. The Hall–Kier alpha value is -4.73. The number of fused-ring (bicyclic) bond motifs is 2. The van der Waals surface area contributed by atoms with Crippen LogP contribution in [0.15, 0.2) is 77.7 Å². The summed E-state index contributed by atoms with van der Waals surface area (Å²) in [6.45, 7) is 0. The largest absolute Gasteiger partial charge is 0.416 e. The van der Waals surface area contributed by atoms with E-state index in [0.717, 1.165) is 53.8 Å². The van der Waals surface area contributed by atoms with E-state index in [0.29, 0.717) is 41.2 Å². The van der Waals surface area contributed by atoms with Crippen molar-refractivity contribution in [1.82, 2.24) is 15.3 Å². The lowest BCUT2D eigenvalue weighted by Gasteiger charge is -2.17. The molecule has 0 radical (unpaired) electrons. The van der Waals surface area contributed by atoms with Crippen molar-refractivity contribution in [2.75, 3.05) is 5.32 Å². The first-order chi connectivity index (χ1) is 21.3. The summed E-state index contributed by atoms with van der Waals surface area (Å²) in [6.07, 6.45) is 5.56. The molecule has 4 aromatic rings. The summed E-state index contributed by atoms with van der Waals surface area (Å²) in [5.74, 6) is 0.539. The van der Waals surface area contributed by atoms with E-state index in [4.69, 9.17) is 5.73 Å². The SMILES string of the molecule is NC=C(C=NC1CC1)Nc1ncc2cc(-c3cc(C(=O)NC4CCc5c4cccc5C(F)(F)F)ccc3C3CC3)ccc2n1. The van der Waals surface area contributed by atoms with Gasteiger partial charge < -0.3 is 16.4 Å². The number of anilines is 1. The lowest BCUT2D eigenvalue weighted by Crippen LogP contribution is -2.27. The molecule has 0 spiro atoms. The fraction of sp³-hybridized carbons (Fsp3) is 0.294. The quantitative estimate of drug-likeness (QED) is 0.189. The van der Waals surface area contributed by atoms with E-state index in [1.165, 1.54) is 17.8 Å². The van der Waals surface area contributed by atoms with Gasteiger partial charge in [-0.15, -0.1) is 0 Å². The lowest BCUT2D eigenvalue weighted by atomic mass is 9.93. The van der Waals surface area contributed by atoms with Crippen molar-refractivity contribution in [3.8, 4) is 11.1 Å². The van der Waals surface area contributed by atoms with Crippen LogP contribution < -0.4 is 16.4 Å².